The molecule has 0 radical (unpaired) electrons. The third kappa shape index (κ3) is 4.18. The fraction of sp³-hybridized carbons (Fsp3) is 0.0500. The minimum absolute atomic E-state index is 0.143. The van der Waals surface area contributed by atoms with Gasteiger partial charge < -0.3 is 5.32 Å². The summed E-state index contributed by atoms with van der Waals surface area (Å²) in [5.41, 5.74) is 2.24. The number of nitrogens with zero attached hydrogens (tertiary/aromatic N) is 5. The maximum Gasteiger partial charge on any atom is 0.235 e. The molecule has 29 heavy (non-hydrogen) atoms. The van der Waals surface area contributed by atoms with Crippen LogP contribution in [0.3, 0.4) is 0 Å². The molecule has 0 atom stereocenters. The first-order valence-corrected chi connectivity index (χ1v) is 10.4. The molecule has 7 nitrogen and oxygen atoms in total. The number of benzene rings is 1. The minimum atomic E-state index is -0.206. The summed E-state index contributed by atoms with van der Waals surface area (Å²) in [6.07, 6.45) is 3.40. The van der Waals surface area contributed by atoms with Gasteiger partial charge in [-0.15, -0.1) is 21.5 Å². The van der Waals surface area contributed by atoms with Crippen LogP contribution in [0.25, 0.3) is 17.1 Å². The molecule has 3 aromatic heterocycles. The number of thiophene rings is 1. The summed E-state index contributed by atoms with van der Waals surface area (Å²) in [5.74, 6) is 0.609. The fourth-order valence-electron chi connectivity index (χ4n) is 2.65. The lowest BCUT2D eigenvalue weighted by molar-refractivity contribution is -0.113. The van der Waals surface area contributed by atoms with Gasteiger partial charge in [-0.05, 0) is 35.7 Å². The van der Waals surface area contributed by atoms with E-state index in [0.717, 1.165) is 11.3 Å². The van der Waals surface area contributed by atoms with Gasteiger partial charge in [-0.3, -0.25) is 14.3 Å². The molecule has 0 saturated carbocycles. The maximum atomic E-state index is 12.4. The van der Waals surface area contributed by atoms with E-state index in [1.165, 1.54) is 23.1 Å². The molecule has 0 unspecified atom stereocenters. The number of thioether (sulfide) groups is 1. The Balaban J connectivity index is 1.58. The Morgan fingerprint density at radius 3 is 2.69 bits per heavy atom. The van der Waals surface area contributed by atoms with Crippen LogP contribution in [-0.4, -0.2) is 31.4 Å². The van der Waals surface area contributed by atoms with Gasteiger partial charge in [-0.25, -0.2) is 0 Å². The van der Waals surface area contributed by atoms with E-state index in [1.807, 2.05) is 47.0 Å². The molecule has 9 heteroatoms. The van der Waals surface area contributed by atoms with Gasteiger partial charge in [0.15, 0.2) is 11.0 Å². The lowest BCUT2D eigenvalue weighted by atomic mass is 10.2. The van der Waals surface area contributed by atoms with Crippen molar-refractivity contribution in [2.75, 3.05) is 11.1 Å². The van der Waals surface area contributed by atoms with E-state index in [9.17, 15) is 4.79 Å². The quantitative estimate of drug-likeness (QED) is 0.476. The molecule has 0 spiro atoms. The average Bonchev–Trinajstić information content (AvgIpc) is 3.40. The van der Waals surface area contributed by atoms with Gasteiger partial charge in [-0.1, -0.05) is 30.0 Å². The zero-order valence-electron chi connectivity index (χ0n) is 15.0. The molecule has 142 valence electrons. The van der Waals surface area contributed by atoms with Crippen molar-refractivity contribution in [3.05, 3.63) is 71.9 Å². The molecule has 0 saturated heterocycles. The van der Waals surface area contributed by atoms with Crippen LogP contribution in [-0.2, 0) is 4.79 Å². The number of carbonyl (C=O) groups excluding carboxylic acids is 1. The number of pyridine rings is 1. The highest BCUT2D eigenvalue weighted by atomic mass is 32.2. The van der Waals surface area contributed by atoms with Gasteiger partial charge in [0.25, 0.3) is 0 Å². The predicted octanol–water partition coefficient (Wildman–Crippen LogP) is 3.99. The number of nitriles is 1. The zero-order chi connectivity index (χ0) is 20.1. The number of hydrogen-bond donors (Lipinski definition) is 1. The van der Waals surface area contributed by atoms with Gasteiger partial charge in [0, 0.05) is 23.6 Å². The van der Waals surface area contributed by atoms with Crippen LogP contribution in [0, 0.1) is 11.3 Å². The number of amides is 1. The Hall–Kier alpha value is -3.48. The largest absolute Gasteiger partial charge is 0.316 e. The topological polar surface area (TPSA) is 96.5 Å². The normalized spacial score (nSPS) is 10.4. The number of carbonyl (C=O) groups is 1. The molecule has 4 rings (SSSR count). The first kappa shape index (κ1) is 18.9. The molecule has 1 N–H and O–H groups in total. The summed E-state index contributed by atoms with van der Waals surface area (Å²) in [5, 5.41) is 23.4. The molecule has 1 amide bonds. The number of rotatable bonds is 6. The van der Waals surface area contributed by atoms with Crippen LogP contribution < -0.4 is 5.32 Å². The van der Waals surface area contributed by atoms with Crippen molar-refractivity contribution in [1.82, 2.24) is 19.7 Å². The molecule has 1 aromatic carbocycles. The van der Waals surface area contributed by atoms with E-state index < -0.39 is 0 Å². The Labute approximate surface area is 175 Å². The molecule has 0 aliphatic rings. The summed E-state index contributed by atoms with van der Waals surface area (Å²) in [6, 6.07) is 17.2. The van der Waals surface area contributed by atoms with Gasteiger partial charge >= 0.3 is 0 Å². The highest BCUT2D eigenvalue weighted by molar-refractivity contribution is 7.99. The van der Waals surface area contributed by atoms with E-state index in [4.69, 9.17) is 5.26 Å². The highest BCUT2D eigenvalue weighted by Crippen LogP contribution is 2.28. The van der Waals surface area contributed by atoms with E-state index in [1.54, 1.807) is 23.8 Å². The minimum Gasteiger partial charge on any atom is -0.316 e. The number of nitrogens with one attached hydrogen (secondary N) is 1. The second-order valence-electron chi connectivity index (χ2n) is 5.83. The van der Waals surface area contributed by atoms with Crippen molar-refractivity contribution in [3.63, 3.8) is 0 Å². The Morgan fingerprint density at radius 1 is 1.14 bits per heavy atom. The third-order valence-electron chi connectivity index (χ3n) is 3.96. The van der Waals surface area contributed by atoms with Crippen molar-refractivity contribution in [1.29, 1.82) is 5.26 Å². The van der Waals surface area contributed by atoms with E-state index in [-0.39, 0.29) is 11.7 Å². The summed E-state index contributed by atoms with van der Waals surface area (Å²) < 4.78 is 1.92. The average molecular weight is 419 g/mol. The Morgan fingerprint density at radius 2 is 1.93 bits per heavy atom. The lowest BCUT2D eigenvalue weighted by Crippen LogP contribution is -2.14. The van der Waals surface area contributed by atoms with Crippen molar-refractivity contribution in [2.45, 2.75) is 5.16 Å². The van der Waals surface area contributed by atoms with Crippen LogP contribution in [0.4, 0.5) is 5.00 Å². The van der Waals surface area contributed by atoms with Crippen LogP contribution in [0.2, 0.25) is 0 Å². The maximum absolute atomic E-state index is 12.4. The lowest BCUT2D eigenvalue weighted by Gasteiger charge is -2.10. The van der Waals surface area contributed by atoms with Gasteiger partial charge in [0.05, 0.1) is 11.3 Å². The number of para-hydroxylation sites is 1. The van der Waals surface area contributed by atoms with Crippen LogP contribution in [0.1, 0.15) is 5.56 Å². The summed E-state index contributed by atoms with van der Waals surface area (Å²) in [7, 11) is 0. The van der Waals surface area contributed by atoms with Crippen molar-refractivity contribution in [3.8, 4) is 23.1 Å². The van der Waals surface area contributed by atoms with Crippen molar-refractivity contribution < 1.29 is 4.79 Å². The SMILES string of the molecule is N#Cc1ccsc1NC(=O)CSc1nnc(-c2ccncc2)n1-c1ccccc1. The molecule has 4 aromatic rings. The highest BCUT2D eigenvalue weighted by Gasteiger charge is 2.17. The standard InChI is InChI=1S/C20H14N6OS2/c21-12-15-8-11-28-19(15)23-17(27)13-29-20-25-24-18(14-6-9-22-10-7-14)26(20)16-4-2-1-3-5-16/h1-11H,13H2,(H,23,27). The predicted molar refractivity (Wildman–Crippen MR) is 113 cm³/mol. The van der Waals surface area contributed by atoms with E-state index >= 15 is 0 Å². The molecule has 0 aliphatic carbocycles. The van der Waals surface area contributed by atoms with E-state index in [2.05, 4.69) is 26.6 Å². The summed E-state index contributed by atoms with van der Waals surface area (Å²) >= 11 is 2.61. The third-order valence-corrected chi connectivity index (χ3v) is 5.72. The number of aromatic nitrogens is 4. The second-order valence-corrected chi connectivity index (χ2v) is 7.68. The summed E-state index contributed by atoms with van der Waals surface area (Å²) in [4.78, 5) is 16.4. The zero-order valence-corrected chi connectivity index (χ0v) is 16.7. The van der Waals surface area contributed by atoms with Crippen LogP contribution in [0.5, 0.6) is 0 Å². The van der Waals surface area contributed by atoms with Crippen molar-refractivity contribution >= 4 is 34.0 Å². The number of anilines is 1. The van der Waals surface area contributed by atoms with Gasteiger partial charge in [-0.2, -0.15) is 5.26 Å². The van der Waals surface area contributed by atoms with Gasteiger partial charge in [0.2, 0.25) is 5.91 Å². The number of hydrogen-bond acceptors (Lipinski definition) is 7. The molecule has 0 bridgehead atoms. The monoisotopic (exact) mass is 418 g/mol. The molecular formula is C20H14N6OS2. The first-order valence-electron chi connectivity index (χ1n) is 8.58. The Kier molecular flexibility index (Phi) is 5.65. The van der Waals surface area contributed by atoms with Crippen LogP contribution in [0.15, 0.2) is 71.5 Å². The smallest absolute Gasteiger partial charge is 0.235 e. The second kappa shape index (κ2) is 8.68. The molecule has 0 fully saturated rings. The van der Waals surface area contributed by atoms with Crippen LogP contribution >= 0.6 is 23.1 Å². The van der Waals surface area contributed by atoms with Crippen molar-refractivity contribution in [2.24, 2.45) is 0 Å². The first-order chi connectivity index (χ1) is 14.3. The Bertz CT molecular complexity index is 1160. The fourth-order valence-corrected chi connectivity index (χ4v) is 4.15. The summed E-state index contributed by atoms with van der Waals surface area (Å²) in [6.45, 7) is 0. The van der Waals surface area contributed by atoms with Gasteiger partial charge in [0.1, 0.15) is 11.1 Å². The molecule has 3 heterocycles. The van der Waals surface area contributed by atoms with E-state index in [0.29, 0.717) is 21.5 Å². The molecule has 0 aliphatic heterocycles. The molecular weight excluding hydrogens is 404 g/mol.